The van der Waals surface area contributed by atoms with E-state index in [4.69, 9.17) is 9.15 Å². The van der Waals surface area contributed by atoms with Crippen LogP contribution < -0.4 is 15.1 Å². The predicted octanol–water partition coefficient (Wildman–Crippen LogP) is 5.00. The lowest BCUT2D eigenvalue weighted by Gasteiger charge is -2.25. The zero-order valence-corrected chi connectivity index (χ0v) is 16.9. The van der Waals surface area contributed by atoms with Crippen molar-refractivity contribution in [3.8, 4) is 5.75 Å². The molecule has 6 heteroatoms. The van der Waals surface area contributed by atoms with Crippen LogP contribution in [0.2, 0.25) is 0 Å². The van der Waals surface area contributed by atoms with E-state index in [1.807, 2.05) is 13.0 Å². The van der Waals surface area contributed by atoms with Crippen molar-refractivity contribution in [1.29, 1.82) is 0 Å². The summed E-state index contributed by atoms with van der Waals surface area (Å²) in [4.78, 5) is 28.4. The Balaban J connectivity index is 1.84. The maximum Gasteiger partial charge on any atom is 0.295 e. The maximum atomic E-state index is 14.9. The molecule has 0 bridgehead atoms. The molecule has 0 spiro atoms. The number of aryl methyl sites for hydroxylation is 1. The molecule has 1 atom stereocenters. The number of anilines is 1. The first kappa shape index (κ1) is 19.1. The summed E-state index contributed by atoms with van der Waals surface area (Å²) in [6.07, 6.45) is 0. The van der Waals surface area contributed by atoms with E-state index in [-0.39, 0.29) is 22.3 Å². The summed E-state index contributed by atoms with van der Waals surface area (Å²) >= 11 is 0. The van der Waals surface area contributed by atoms with Crippen molar-refractivity contribution < 1.29 is 18.3 Å². The molecule has 1 unspecified atom stereocenters. The molecule has 2 heterocycles. The van der Waals surface area contributed by atoms with E-state index in [0.29, 0.717) is 22.4 Å². The Morgan fingerprint density at radius 2 is 1.81 bits per heavy atom. The van der Waals surface area contributed by atoms with E-state index in [0.717, 1.165) is 5.56 Å². The Hall–Kier alpha value is -3.93. The smallest absolute Gasteiger partial charge is 0.295 e. The molecule has 0 aliphatic carbocycles. The number of rotatable bonds is 3. The molecule has 0 saturated heterocycles. The SMILES string of the molecule is COc1cccc(N2C(=O)c3oc4ccc(C)cc4c(=O)c3C2c2ccccc2F)c1. The summed E-state index contributed by atoms with van der Waals surface area (Å²) < 4.78 is 26.1. The fourth-order valence-electron chi connectivity index (χ4n) is 4.10. The van der Waals surface area contributed by atoms with Gasteiger partial charge in [-0.1, -0.05) is 35.9 Å². The van der Waals surface area contributed by atoms with E-state index in [1.165, 1.54) is 18.1 Å². The average Bonchev–Trinajstić information content (AvgIpc) is 3.07. The van der Waals surface area contributed by atoms with E-state index in [2.05, 4.69) is 0 Å². The summed E-state index contributed by atoms with van der Waals surface area (Å²) in [7, 11) is 1.52. The molecular formula is C25H18FNO4. The summed E-state index contributed by atoms with van der Waals surface area (Å²) in [5.41, 5.74) is 1.70. The lowest BCUT2D eigenvalue weighted by molar-refractivity contribution is 0.0971. The lowest BCUT2D eigenvalue weighted by Crippen LogP contribution is -2.30. The van der Waals surface area contributed by atoms with Gasteiger partial charge in [0.2, 0.25) is 5.76 Å². The Labute approximate surface area is 177 Å². The van der Waals surface area contributed by atoms with Crippen molar-refractivity contribution in [3.05, 3.63) is 105 Å². The standard InChI is InChI=1S/C25H18FNO4/c1-14-10-11-20-18(12-14)23(28)21-22(17-8-3-4-9-19(17)26)27(25(29)24(21)31-20)15-6-5-7-16(13-15)30-2/h3-13,22H,1-2H3. The molecule has 1 aliphatic heterocycles. The first-order valence-electron chi connectivity index (χ1n) is 9.79. The Kier molecular flexibility index (Phi) is 4.36. The molecule has 1 aliphatic rings. The third kappa shape index (κ3) is 2.91. The number of ether oxygens (including phenoxy) is 1. The van der Waals surface area contributed by atoms with Gasteiger partial charge in [0.25, 0.3) is 5.91 Å². The van der Waals surface area contributed by atoms with Gasteiger partial charge in [-0.05, 0) is 37.3 Å². The van der Waals surface area contributed by atoms with Gasteiger partial charge in [-0.15, -0.1) is 0 Å². The van der Waals surface area contributed by atoms with Crippen molar-refractivity contribution in [2.75, 3.05) is 12.0 Å². The van der Waals surface area contributed by atoms with E-state index < -0.39 is 17.8 Å². The molecule has 0 saturated carbocycles. The second kappa shape index (κ2) is 7.09. The van der Waals surface area contributed by atoms with Crippen molar-refractivity contribution in [2.24, 2.45) is 0 Å². The minimum atomic E-state index is -0.961. The van der Waals surface area contributed by atoms with Crippen LogP contribution in [-0.4, -0.2) is 13.0 Å². The highest BCUT2D eigenvalue weighted by molar-refractivity contribution is 6.10. The van der Waals surface area contributed by atoms with Crippen LogP contribution in [0, 0.1) is 12.7 Å². The zero-order valence-electron chi connectivity index (χ0n) is 16.9. The number of amides is 1. The molecule has 154 valence electrons. The molecule has 1 amide bonds. The second-order valence-corrected chi connectivity index (χ2v) is 7.47. The number of benzene rings is 3. The fourth-order valence-corrected chi connectivity index (χ4v) is 4.10. The largest absolute Gasteiger partial charge is 0.497 e. The first-order chi connectivity index (χ1) is 15.0. The molecular weight excluding hydrogens is 397 g/mol. The first-order valence-corrected chi connectivity index (χ1v) is 9.79. The van der Waals surface area contributed by atoms with Gasteiger partial charge in [0.15, 0.2) is 5.43 Å². The maximum absolute atomic E-state index is 14.9. The van der Waals surface area contributed by atoms with Gasteiger partial charge >= 0.3 is 0 Å². The molecule has 3 aromatic carbocycles. The average molecular weight is 415 g/mol. The molecule has 4 aromatic rings. The summed E-state index contributed by atoms with van der Waals surface area (Å²) in [5.74, 6) is -0.549. The van der Waals surface area contributed by atoms with E-state index >= 15 is 0 Å². The number of carbonyl (C=O) groups is 1. The minimum Gasteiger partial charge on any atom is -0.497 e. The second-order valence-electron chi connectivity index (χ2n) is 7.47. The highest BCUT2D eigenvalue weighted by atomic mass is 19.1. The van der Waals surface area contributed by atoms with Crippen molar-refractivity contribution in [1.82, 2.24) is 0 Å². The fraction of sp³-hybridized carbons (Fsp3) is 0.120. The van der Waals surface area contributed by atoms with Crippen LogP contribution in [0.1, 0.15) is 33.3 Å². The Morgan fingerprint density at radius 1 is 1.00 bits per heavy atom. The minimum absolute atomic E-state index is 0.0718. The molecule has 0 radical (unpaired) electrons. The van der Waals surface area contributed by atoms with Gasteiger partial charge in [-0.25, -0.2) is 4.39 Å². The van der Waals surface area contributed by atoms with Crippen LogP contribution in [0.15, 0.2) is 75.9 Å². The molecule has 5 nitrogen and oxygen atoms in total. The number of carbonyl (C=O) groups excluding carboxylic acids is 1. The summed E-state index contributed by atoms with van der Waals surface area (Å²) in [6.45, 7) is 1.87. The third-order valence-electron chi connectivity index (χ3n) is 5.56. The van der Waals surface area contributed by atoms with E-state index in [1.54, 1.807) is 54.6 Å². The topological polar surface area (TPSA) is 59.8 Å². The Bertz CT molecular complexity index is 1410. The monoisotopic (exact) mass is 415 g/mol. The normalized spacial score (nSPS) is 15.4. The van der Waals surface area contributed by atoms with Gasteiger partial charge < -0.3 is 9.15 Å². The van der Waals surface area contributed by atoms with Crippen molar-refractivity contribution in [2.45, 2.75) is 13.0 Å². The van der Waals surface area contributed by atoms with Gasteiger partial charge in [0.05, 0.1) is 24.1 Å². The number of nitrogens with zero attached hydrogens (tertiary/aromatic N) is 1. The van der Waals surface area contributed by atoms with Crippen LogP contribution in [0.3, 0.4) is 0 Å². The number of halogens is 1. The number of hydrogen-bond donors (Lipinski definition) is 0. The Morgan fingerprint density at radius 3 is 2.58 bits per heavy atom. The number of methoxy groups -OCH3 is 1. The predicted molar refractivity (Wildman–Crippen MR) is 115 cm³/mol. The van der Waals surface area contributed by atoms with Crippen LogP contribution in [0.25, 0.3) is 11.0 Å². The number of hydrogen-bond acceptors (Lipinski definition) is 4. The summed E-state index contributed by atoms with van der Waals surface area (Å²) in [6, 6.07) is 17.3. The third-order valence-corrected chi connectivity index (χ3v) is 5.56. The summed E-state index contributed by atoms with van der Waals surface area (Å²) in [5, 5.41) is 0.361. The molecule has 31 heavy (non-hydrogen) atoms. The molecule has 0 N–H and O–H groups in total. The van der Waals surface area contributed by atoms with Gasteiger partial charge in [-0.3, -0.25) is 14.5 Å². The molecule has 1 aromatic heterocycles. The van der Waals surface area contributed by atoms with Crippen LogP contribution in [-0.2, 0) is 0 Å². The van der Waals surface area contributed by atoms with Gasteiger partial charge in [0.1, 0.15) is 17.1 Å². The highest BCUT2D eigenvalue weighted by Crippen LogP contribution is 2.42. The van der Waals surface area contributed by atoms with Crippen LogP contribution in [0.5, 0.6) is 5.75 Å². The van der Waals surface area contributed by atoms with Crippen LogP contribution >= 0.6 is 0 Å². The van der Waals surface area contributed by atoms with E-state index in [9.17, 15) is 14.0 Å². The molecule has 0 fully saturated rings. The van der Waals surface area contributed by atoms with Crippen LogP contribution in [0.4, 0.5) is 10.1 Å². The lowest BCUT2D eigenvalue weighted by atomic mass is 9.97. The van der Waals surface area contributed by atoms with Crippen molar-refractivity contribution in [3.63, 3.8) is 0 Å². The highest BCUT2D eigenvalue weighted by Gasteiger charge is 2.44. The van der Waals surface area contributed by atoms with Gasteiger partial charge in [0, 0.05) is 17.3 Å². The van der Waals surface area contributed by atoms with Crippen molar-refractivity contribution >= 4 is 22.6 Å². The molecule has 5 rings (SSSR count). The number of fused-ring (bicyclic) bond motifs is 2. The zero-order chi connectivity index (χ0) is 21.7. The van der Waals surface area contributed by atoms with Gasteiger partial charge in [-0.2, -0.15) is 0 Å². The quantitative estimate of drug-likeness (QED) is 0.473.